The van der Waals surface area contributed by atoms with Crippen molar-refractivity contribution in [3.63, 3.8) is 0 Å². The standard InChI is InChI=1S/C26H25FN6O7/c1-32(9-14-3-2-4-15(27)7-14)23-20-24(29-11-28-23)33(12-30-20)25-22(35)21(34)19(40-25)10-37-26(36)31-16-5-6-17-18(8-16)39-13-38-17/h2-8,11-12,19,21-22,25,34-35H,9-10,13H2,1H3,(H,31,36)/t19-,21?,22-,25-/m1/s1. The number of nitrogens with zero attached hydrogens (tertiary/aromatic N) is 5. The Morgan fingerprint density at radius 2 is 2.00 bits per heavy atom. The molecule has 0 saturated carbocycles. The highest BCUT2D eigenvalue weighted by molar-refractivity contribution is 5.85. The lowest BCUT2D eigenvalue weighted by molar-refractivity contribution is -0.0522. The summed E-state index contributed by atoms with van der Waals surface area (Å²) in [5, 5.41) is 23.9. The van der Waals surface area contributed by atoms with E-state index < -0.39 is 30.6 Å². The minimum Gasteiger partial charge on any atom is -0.454 e. The SMILES string of the molecule is CN(Cc1cccc(F)c1)c1ncnc2c1ncn2[C@@H]1O[C@H](COC(=O)Nc2ccc3c(c2)OCO3)C(O)[C@H]1O. The highest BCUT2D eigenvalue weighted by Gasteiger charge is 2.45. The lowest BCUT2D eigenvalue weighted by atomic mass is 10.1. The number of hydrogen-bond donors (Lipinski definition) is 3. The van der Waals surface area contributed by atoms with Crippen LogP contribution in [0.1, 0.15) is 11.8 Å². The van der Waals surface area contributed by atoms with Crippen LogP contribution in [-0.2, 0) is 16.0 Å². The Kier molecular flexibility index (Phi) is 6.79. The van der Waals surface area contributed by atoms with Gasteiger partial charge in [-0.1, -0.05) is 12.1 Å². The van der Waals surface area contributed by atoms with Gasteiger partial charge in [-0.3, -0.25) is 9.88 Å². The van der Waals surface area contributed by atoms with Crippen molar-refractivity contribution < 1.29 is 38.3 Å². The summed E-state index contributed by atoms with van der Waals surface area (Å²) >= 11 is 0. The maximum atomic E-state index is 13.6. The quantitative estimate of drug-likeness (QED) is 0.309. The van der Waals surface area contributed by atoms with Crippen LogP contribution in [0.5, 0.6) is 11.5 Å². The summed E-state index contributed by atoms with van der Waals surface area (Å²) in [7, 11) is 1.79. The fourth-order valence-corrected chi connectivity index (χ4v) is 4.67. The van der Waals surface area contributed by atoms with Gasteiger partial charge in [0.05, 0.1) is 6.33 Å². The number of imidazole rings is 1. The second kappa shape index (κ2) is 10.6. The van der Waals surface area contributed by atoms with Crippen molar-refractivity contribution in [2.75, 3.05) is 30.7 Å². The Morgan fingerprint density at radius 3 is 2.85 bits per heavy atom. The Labute approximate surface area is 226 Å². The number of rotatable bonds is 7. The molecule has 13 nitrogen and oxygen atoms in total. The Balaban J connectivity index is 1.12. The molecule has 2 aromatic heterocycles. The Morgan fingerprint density at radius 1 is 1.15 bits per heavy atom. The molecule has 2 aromatic carbocycles. The van der Waals surface area contributed by atoms with Crippen LogP contribution < -0.4 is 19.7 Å². The van der Waals surface area contributed by atoms with Gasteiger partial charge in [0.2, 0.25) is 6.79 Å². The van der Waals surface area contributed by atoms with Crippen LogP contribution in [0.25, 0.3) is 11.2 Å². The van der Waals surface area contributed by atoms with E-state index in [0.29, 0.717) is 40.7 Å². The molecule has 0 aliphatic carbocycles. The molecular formula is C26H25FN6O7. The summed E-state index contributed by atoms with van der Waals surface area (Å²) in [6.45, 7) is 0.148. The van der Waals surface area contributed by atoms with Gasteiger partial charge in [-0.25, -0.2) is 24.1 Å². The Hall–Kier alpha value is -4.53. The van der Waals surface area contributed by atoms with Crippen molar-refractivity contribution in [2.45, 2.75) is 31.1 Å². The van der Waals surface area contributed by atoms with E-state index in [0.717, 1.165) is 5.56 Å². The molecule has 14 heteroatoms. The number of aromatic nitrogens is 4. The first-order valence-electron chi connectivity index (χ1n) is 12.4. The van der Waals surface area contributed by atoms with Crippen molar-refractivity contribution in [3.05, 3.63) is 66.5 Å². The normalized spacial score (nSPS) is 21.5. The fourth-order valence-electron chi connectivity index (χ4n) is 4.67. The van der Waals surface area contributed by atoms with Gasteiger partial charge >= 0.3 is 6.09 Å². The number of benzene rings is 2. The summed E-state index contributed by atoms with van der Waals surface area (Å²) in [5.41, 5.74) is 1.96. The van der Waals surface area contributed by atoms with Gasteiger partial charge in [-0.15, -0.1) is 0 Å². The first kappa shape index (κ1) is 25.7. The summed E-state index contributed by atoms with van der Waals surface area (Å²) in [6, 6.07) is 11.1. The maximum absolute atomic E-state index is 13.6. The van der Waals surface area contributed by atoms with E-state index in [9.17, 15) is 19.4 Å². The molecule has 4 heterocycles. The van der Waals surface area contributed by atoms with E-state index in [4.69, 9.17) is 18.9 Å². The molecule has 4 aromatic rings. The lowest BCUT2D eigenvalue weighted by Crippen LogP contribution is -2.34. The molecular weight excluding hydrogens is 527 g/mol. The summed E-state index contributed by atoms with van der Waals surface area (Å²) in [4.78, 5) is 27.2. The van der Waals surface area contributed by atoms with E-state index in [2.05, 4.69) is 20.3 Å². The van der Waals surface area contributed by atoms with Gasteiger partial charge in [-0.05, 0) is 29.8 Å². The highest BCUT2D eigenvalue weighted by atomic mass is 19.1. The lowest BCUT2D eigenvalue weighted by Gasteiger charge is -2.19. The number of carbonyl (C=O) groups is 1. The average molecular weight is 553 g/mol. The van der Waals surface area contributed by atoms with Crippen LogP contribution in [0, 0.1) is 5.82 Å². The monoisotopic (exact) mass is 552 g/mol. The Bertz CT molecular complexity index is 1550. The molecule has 208 valence electrons. The third-order valence-electron chi connectivity index (χ3n) is 6.62. The molecule has 40 heavy (non-hydrogen) atoms. The van der Waals surface area contributed by atoms with Gasteiger partial charge in [0, 0.05) is 25.3 Å². The van der Waals surface area contributed by atoms with Crippen LogP contribution in [-0.4, -0.2) is 74.6 Å². The molecule has 0 radical (unpaired) electrons. The van der Waals surface area contributed by atoms with Gasteiger partial charge < -0.3 is 34.1 Å². The second-order valence-corrected chi connectivity index (χ2v) is 9.35. The van der Waals surface area contributed by atoms with E-state index in [1.54, 1.807) is 42.3 Å². The number of ether oxygens (including phenoxy) is 4. The summed E-state index contributed by atoms with van der Waals surface area (Å²) in [5.74, 6) is 1.22. The topological polar surface area (TPSA) is 153 Å². The smallest absolute Gasteiger partial charge is 0.411 e. The van der Waals surface area contributed by atoms with Crippen LogP contribution >= 0.6 is 0 Å². The number of nitrogens with one attached hydrogen (secondary N) is 1. The van der Waals surface area contributed by atoms with Crippen LogP contribution in [0.2, 0.25) is 0 Å². The van der Waals surface area contributed by atoms with E-state index in [1.807, 2.05) is 0 Å². The molecule has 1 fully saturated rings. The molecule has 0 spiro atoms. The van der Waals surface area contributed by atoms with Crippen molar-refractivity contribution >= 4 is 28.8 Å². The van der Waals surface area contributed by atoms with E-state index in [-0.39, 0.29) is 19.2 Å². The predicted molar refractivity (Wildman–Crippen MR) is 137 cm³/mol. The number of carbonyl (C=O) groups excluding carboxylic acids is 1. The summed E-state index contributed by atoms with van der Waals surface area (Å²) in [6.07, 6.45) is -2.78. The number of amides is 1. The fraction of sp³-hybridized carbons (Fsp3) is 0.308. The van der Waals surface area contributed by atoms with Crippen LogP contribution in [0.15, 0.2) is 55.1 Å². The summed E-state index contributed by atoms with van der Waals surface area (Å²) < 4.78 is 36.8. The zero-order chi connectivity index (χ0) is 27.8. The van der Waals surface area contributed by atoms with Gasteiger partial charge in [0.15, 0.2) is 34.7 Å². The van der Waals surface area contributed by atoms with Crippen LogP contribution in [0.3, 0.4) is 0 Å². The van der Waals surface area contributed by atoms with Crippen LogP contribution in [0.4, 0.5) is 20.7 Å². The zero-order valence-electron chi connectivity index (χ0n) is 21.2. The molecule has 2 aliphatic heterocycles. The minimum atomic E-state index is -1.36. The predicted octanol–water partition coefficient (Wildman–Crippen LogP) is 2.20. The van der Waals surface area contributed by atoms with E-state index in [1.165, 1.54) is 29.4 Å². The van der Waals surface area contributed by atoms with Crippen molar-refractivity contribution in [1.29, 1.82) is 0 Å². The minimum absolute atomic E-state index is 0.106. The third kappa shape index (κ3) is 4.95. The van der Waals surface area contributed by atoms with E-state index >= 15 is 0 Å². The molecule has 1 saturated heterocycles. The van der Waals surface area contributed by atoms with Crippen molar-refractivity contribution in [2.24, 2.45) is 0 Å². The number of aliphatic hydroxyl groups excluding tert-OH is 2. The number of hydrogen-bond acceptors (Lipinski definition) is 11. The zero-order valence-corrected chi connectivity index (χ0v) is 21.2. The maximum Gasteiger partial charge on any atom is 0.411 e. The molecule has 6 rings (SSSR count). The number of aliphatic hydroxyl groups is 2. The first-order valence-corrected chi connectivity index (χ1v) is 12.4. The highest BCUT2D eigenvalue weighted by Crippen LogP contribution is 2.35. The average Bonchev–Trinajstić information content (AvgIpc) is 3.65. The van der Waals surface area contributed by atoms with Crippen molar-refractivity contribution in [1.82, 2.24) is 19.5 Å². The van der Waals surface area contributed by atoms with Gasteiger partial charge in [0.25, 0.3) is 0 Å². The van der Waals surface area contributed by atoms with Gasteiger partial charge in [0.1, 0.15) is 37.1 Å². The first-order chi connectivity index (χ1) is 19.4. The number of fused-ring (bicyclic) bond motifs is 2. The molecule has 2 aliphatic rings. The second-order valence-electron chi connectivity index (χ2n) is 9.35. The molecule has 1 amide bonds. The number of halogens is 1. The number of anilines is 2. The molecule has 4 atom stereocenters. The third-order valence-corrected chi connectivity index (χ3v) is 6.62. The van der Waals surface area contributed by atoms with Gasteiger partial charge in [-0.2, -0.15) is 0 Å². The van der Waals surface area contributed by atoms with Crippen molar-refractivity contribution in [3.8, 4) is 11.5 Å². The molecule has 0 bridgehead atoms. The molecule has 1 unspecified atom stereocenters. The largest absolute Gasteiger partial charge is 0.454 e. The molecule has 3 N–H and O–H groups in total.